The molecule has 1 aromatic heterocycles. The summed E-state index contributed by atoms with van der Waals surface area (Å²) in [4.78, 5) is 38.2. The Hall–Kier alpha value is -2.08. The van der Waals surface area contributed by atoms with Gasteiger partial charge in [-0.25, -0.2) is 4.79 Å². The number of hydrogen-bond donors (Lipinski definition) is 2. The molecule has 0 saturated heterocycles. The molecule has 1 aromatic carbocycles. The fourth-order valence-corrected chi connectivity index (χ4v) is 2.06. The topological polar surface area (TPSA) is 82.8 Å². The Morgan fingerprint density at radius 1 is 1.32 bits per heavy atom. The Kier molecular flexibility index (Phi) is 4.01. The van der Waals surface area contributed by atoms with E-state index in [1.165, 1.54) is 18.7 Å². The molecule has 0 spiro atoms. The van der Waals surface area contributed by atoms with Gasteiger partial charge in [-0.05, 0) is 17.7 Å². The second kappa shape index (κ2) is 5.71. The number of hydrogen-bond acceptors (Lipinski definition) is 4. The quantitative estimate of drug-likeness (QED) is 0.890. The summed E-state index contributed by atoms with van der Waals surface area (Å²) >= 11 is 1.22. The zero-order chi connectivity index (χ0) is 13.8. The third kappa shape index (κ3) is 3.45. The Balaban J connectivity index is 2.29. The van der Waals surface area contributed by atoms with E-state index in [1.807, 2.05) is 12.2 Å². The molecule has 0 amide bonds. The second-order valence-electron chi connectivity index (χ2n) is 3.92. The Labute approximate surface area is 112 Å². The van der Waals surface area contributed by atoms with Gasteiger partial charge in [0.25, 0.3) is 5.56 Å². The summed E-state index contributed by atoms with van der Waals surface area (Å²) in [5.74, 6) is 0.593. The molecule has 0 atom stereocenters. The molecule has 2 N–H and O–H groups in total. The minimum atomic E-state index is -0.515. The summed E-state index contributed by atoms with van der Waals surface area (Å²) in [5.41, 5.74) is 0.420. The Bertz CT molecular complexity index is 758. The van der Waals surface area contributed by atoms with Crippen molar-refractivity contribution in [1.29, 1.82) is 0 Å². The maximum absolute atomic E-state index is 11.6. The standard InChI is InChI=1S/C13H12N2O3S/c1-8(16)19-6-2-3-9-4-5-11-10(7-9)12(17)15-13(18)14-11/h2-5,7H,6H2,1H3,(H2,14,15,17,18). The van der Waals surface area contributed by atoms with Gasteiger partial charge in [0.15, 0.2) is 5.12 Å². The van der Waals surface area contributed by atoms with Gasteiger partial charge in [0.05, 0.1) is 10.9 Å². The van der Waals surface area contributed by atoms with Crippen LogP contribution in [0.1, 0.15) is 12.5 Å². The van der Waals surface area contributed by atoms with Gasteiger partial charge < -0.3 is 4.98 Å². The number of aromatic nitrogens is 2. The lowest BCUT2D eigenvalue weighted by molar-refractivity contribution is -0.109. The lowest BCUT2D eigenvalue weighted by Crippen LogP contribution is -2.21. The predicted molar refractivity (Wildman–Crippen MR) is 77.4 cm³/mol. The maximum atomic E-state index is 11.6. The smallest absolute Gasteiger partial charge is 0.307 e. The average molecular weight is 276 g/mol. The van der Waals surface area contributed by atoms with E-state index >= 15 is 0 Å². The number of carbonyl (C=O) groups is 1. The molecule has 6 heteroatoms. The zero-order valence-corrected chi connectivity index (χ0v) is 11.0. The largest absolute Gasteiger partial charge is 0.326 e. The van der Waals surface area contributed by atoms with Crippen LogP contribution in [0.25, 0.3) is 17.0 Å². The Morgan fingerprint density at radius 2 is 2.11 bits per heavy atom. The SMILES string of the molecule is CC(=O)SCC=Cc1ccc2[nH]c(=O)[nH]c(=O)c2c1. The molecule has 0 fully saturated rings. The molecule has 0 aliphatic heterocycles. The van der Waals surface area contributed by atoms with Gasteiger partial charge in [0, 0.05) is 12.7 Å². The van der Waals surface area contributed by atoms with Crippen molar-refractivity contribution in [2.75, 3.05) is 5.75 Å². The van der Waals surface area contributed by atoms with Crippen molar-refractivity contribution in [2.45, 2.75) is 6.92 Å². The van der Waals surface area contributed by atoms with Crippen LogP contribution in [0.3, 0.4) is 0 Å². The summed E-state index contributed by atoms with van der Waals surface area (Å²) in [6.07, 6.45) is 3.69. The summed E-state index contributed by atoms with van der Waals surface area (Å²) < 4.78 is 0. The zero-order valence-electron chi connectivity index (χ0n) is 10.2. The van der Waals surface area contributed by atoms with Gasteiger partial charge in [0.2, 0.25) is 0 Å². The van der Waals surface area contributed by atoms with Crippen LogP contribution in [0.2, 0.25) is 0 Å². The number of thioether (sulfide) groups is 1. The molecular weight excluding hydrogens is 264 g/mol. The molecular formula is C13H12N2O3S. The lowest BCUT2D eigenvalue weighted by atomic mass is 10.1. The van der Waals surface area contributed by atoms with Crippen molar-refractivity contribution in [3.8, 4) is 0 Å². The number of fused-ring (bicyclic) bond motifs is 1. The van der Waals surface area contributed by atoms with Crippen molar-refractivity contribution in [3.05, 3.63) is 50.7 Å². The van der Waals surface area contributed by atoms with Crippen LogP contribution in [-0.4, -0.2) is 20.8 Å². The number of H-pyrrole nitrogens is 2. The lowest BCUT2D eigenvalue weighted by Gasteiger charge is -1.98. The molecule has 2 aromatic rings. The fourth-order valence-electron chi connectivity index (χ4n) is 1.64. The molecule has 0 saturated carbocycles. The van der Waals surface area contributed by atoms with E-state index in [1.54, 1.807) is 18.2 Å². The van der Waals surface area contributed by atoms with Crippen molar-refractivity contribution in [3.63, 3.8) is 0 Å². The summed E-state index contributed by atoms with van der Waals surface area (Å²) in [6.45, 7) is 1.52. The third-order valence-electron chi connectivity index (χ3n) is 2.46. The van der Waals surface area contributed by atoms with E-state index in [0.717, 1.165) is 5.56 Å². The van der Waals surface area contributed by atoms with Gasteiger partial charge in [-0.1, -0.05) is 30.0 Å². The molecule has 0 radical (unpaired) electrons. The third-order valence-corrected chi connectivity index (χ3v) is 3.22. The molecule has 5 nitrogen and oxygen atoms in total. The first-order valence-corrected chi connectivity index (χ1v) is 6.61. The highest BCUT2D eigenvalue weighted by molar-refractivity contribution is 8.13. The molecule has 1 heterocycles. The van der Waals surface area contributed by atoms with Crippen LogP contribution in [0.4, 0.5) is 0 Å². The predicted octanol–water partition coefficient (Wildman–Crippen LogP) is 1.51. The number of benzene rings is 1. The minimum absolute atomic E-state index is 0.0668. The molecule has 0 aliphatic rings. The normalized spacial score (nSPS) is 11.2. The first-order valence-electron chi connectivity index (χ1n) is 5.62. The van der Waals surface area contributed by atoms with Crippen LogP contribution in [0, 0.1) is 0 Å². The van der Waals surface area contributed by atoms with Crippen molar-refractivity contribution in [1.82, 2.24) is 9.97 Å². The molecule has 2 rings (SSSR count). The van der Waals surface area contributed by atoms with Crippen LogP contribution in [0.15, 0.2) is 33.9 Å². The van der Waals surface area contributed by atoms with E-state index in [4.69, 9.17) is 0 Å². The van der Waals surface area contributed by atoms with Gasteiger partial charge in [-0.3, -0.25) is 14.6 Å². The van der Waals surface area contributed by atoms with Gasteiger partial charge in [-0.15, -0.1) is 0 Å². The van der Waals surface area contributed by atoms with E-state index in [9.17, 15) is 14.4 Å². The van der Waals surface area contributed by atoms with E-state index in [0.29, 0.717) is 16.7 Å². The summed E-state index contributed by atoms with van der Waals surface area (Å²) in [5, 5.41) is 0.498. The van der Waals surface area contributed by atoms with Crippen molar-refractivity contribution < 1.29 is 4.79 Å². The highest BCUT2D eigenvalue weighted by Gasteiger charge is 2.00. The van der Waals surface area contributed by atoms with Gasteiger partial charge in [0.1, 0.15) is 0 Å². The number of rotatable bonds is 3. The first kappa shape index (κ1) is 13.4. The molecule has 0 aliphatic carbocycles. The van der Waals surface area contributed by atoms with E-state index in [2.05, 4.69) is 9.97 Å². The highest BCUT2D eigenvalue weighted by atomic mass is 32.2. The van der Waals surface area contributed by atoms with Crippen LogP contribution in [0.5, 0.6) is 0 Å². The first-order chi connectivity index (χ1) is 9.06. The minimum Gasteiger partial charge on any atom is -0.307 e. The van der Waals surface area contributed by atoms with Gasteiger partial charge >= 0.3 is 5.69 Å². The number of nitrogens with one attached hydrogen (secondary N) is 2. The number of carbonyl (C=O) groups excluding carboxylic acids is 1. The molecule has 98 valence electrons. The summed E-state index contributed by atoms with van der Waals surface area (Å²) in [6, 6.07) is 5.18. The highest BCUT2D eigenvalue weighted by Crippen LogP contribution is 2.11. The van der Waals surface area contributed by atoms with E-state index in [-0.39, 0.29) is 5.12 Å². The van der Waals surface area contributed by atoms with Crippen LogP contribution in [-0.2, 0) is 4.79 Å². The van der Waals surface area contributed by atoms with Crippen molar-refractivity contribution in [2.24, 2.45) is 0 Å². The maximum Gasteiger partial charge on any atom is 0.326 e. The Morgan fingerprint density at radius 3 is 2.84 bits per heavy atom. The van der Waals surface area contributed by atoms with Crippen LogP contribution >= 0.6 is 11.8 Å². The average Bonchev–Trinajstić information content (AvgIpc) is 2.35. The fraction of sp³-hybridized carbons (Fsp3) is 0.154. The summed E-state index contributed by atoms with van der Waals surface area (Å²) in [7, 11) is 0. The second-order valence-corrected chi connectivity index (χ2v) is 5.12. The monoisotopic (exact) mass is 276 g/mol. The van der Waals surface area contributed by atoms with E-state index < -0.39 is 11.2 Å². The molecule has 19 heavy (non-hydrogen) atoms. The molecule has 0 unspecified atom stereocenters. The molecule has 0 bridgehead atoms. The number of aromatic amines is 2. The van der Waals surface area contributed by atoms with Crippen molar-refractivity contribution >= 4 is 33.9 Å². The van der Waals surface area contributed by atoms with Crippen LogP contribution < -0.4 is 11.2 Å². The van der Waals surface area contributed by atoms with Gasteiger partial charge in [-0.2, -0.15) is 0 Å².